The number of hydrogen-bond donors (Lipinski definition) is 0. The Morgan fingerprint density at radius 1 is 0.443 bits per heavy atom. The van der Waals surface area contributed by atoms with Gasteiger partial charge in [0.25, 0.3) is 0 Å². The maximum atomic E-state index is 2.64. The van der Waals surface area contributed by atoms with Gasteiger partial charge in [-0.1, -0.05) is 129 Å². The molecule has 1 nitrogen and oxygen atoms in total. The summed E-state index contributed by atoms with van der Waals surface area (Å²) in [6.07, 6.45) is 27.9. The predicted octanol–water partition coefficient (Wildman–Crippen LogP) is 19.3. The lowest BCUT2D eigenvalue weighted by atomic mass is 10.0. The maximum absolute atomic E-state index is 2.64. The molecule has 61 heavy (non-hydrogen) atoms. The summed E-state index contributed by atoms with van der Waals surface area (Å²) >= 11 is 8.26. The molecule has 0 unspecified atom stereocenters. The highest BCUT2D eigenvalue weighted by molar-refractivity contribution is 7.29. The summed E-state index contributed by atoms with van der Waals surface area (Å²) in [5, 5.41) is 2.46. The van der Waals surface area contributed by atoms with Gasteiger partial charge in [-0.2, -0.15) is 0 Å². The van der Waals surface area contributed by atoms with E-state index >= 15 is 0 Å². The number of anilines is 2. The third-order valence-electron chi connectivity index (χ3n) is 12.9. The van der Waals surface area contributed by atoms with Gasteiger partial charge in [-0.05, 0) is 158 Å². The zero-order valence-corrected chi connectivity index (χ0v) is 41.5. The van der Waals surface area contributed by atoms with E-state index in [2.05, 4.69) is 146 Å². The highest BCUT2D eigenvalue weighted by atomic mass is 32.1. The summed E-state index contributed by atoms with van der Waals surface area (Å²) in [6.45, 7) is 12.6. The number of rotatable bonds is 25. The number of benzene rings is 2. The van der Waals surface area contributed by atoms with Crippen LogP contribution < -0.4 is 4.90 Å². The lowest BCUT2D eigenvalue weighted by Gasteiger charge is -2.25. The molecule has 0 aliphatic carbocycles. The fourth-order valence-electron chi connectivity index (χ4n) is 9.37. The molecule has 0 radical (unpaired) electrons. The topological polar surface area (TPSA) is 3.24 Å². The van der Waals surface area contributed by atoms with E-state index in [1.807, 2.05) is 11.3 Å². The first-order chi connectivity index (χ1) is 30.0. The number of thiophene rings is 4. The molecule has 5 heterocycles. The van der Waals surface area contributed by atoms with Crippen LogP contribution in [0.4, 0.5) is 11.4 Å². The monoisotopic (exact) mass is 887 g/mol. The highest BCUT2D eigenvalue weighted by Crippen LogP contribution is 2.50. The van der Waals surface area contributed by atoms with Gasteiger partial charge in [-0.15, -0.1) is 45.3 Å². The smallest absolute Gasteiger partial charge is 0.0481 e. The molecule has 0 fully saturated rings. The van der Waals surface area contributed by atoms with Gasteiger partial charge in [-0.25, -0.2) is 0 Å². The Balaban J connectivity index is 1.25. The van der Waals surface area contributed by atoms with Crippen molar-refractivity contribution < 1.29 is 0 Å². The number of unbranched alkanes of at least 4 members (excludes halogenated alkanes) is 12. The molecule has 0 amide bonds. The van der Waals surface area contributed by atoms with E-state index in [4.69, 9.17) is 0 Å². The zero-order valence-electron chi connectivity index (χ0n) is 38.3. The molecular formula is C56H73NS4. The largest absolute Gasteiger partial charge is 0.341 e. The second-order valence-electron chi connectivity index (χ2n) is 17.7. The predicted molar refractivity (Wildman–Crippen MR) is 278 cm³/mol. The minimum Gasteiger partial charge on any atom is -0.341 e. The van der Waals surface area contributed by atoms with Gasteiger partial charge >= 0.3 is 0 Å². The Morgan fingerprint density at radius 2 is 0.934 bits per heavy atom. The maximum Gasteiger partial charge on any atom is 0.0481 e. The number of hydrogen-bond acceptors (Lipinski definition) is 5. The lowest BCUT2D eigenvalue weighted by Crippen LogP contribution is -2.17. The molecule has 0 atom stereocenters. The van der Waals surface area contributed by atoms with Gasteiger partial charge in [-0.3, -0.25) is 0 Å². The minimum atomic E-state index is 0.982. The van der Waals surface area contributed by atoms with Crippen LogP contribution in [0.1, 0.15) is 171 Å². The van der Waals surface area contributed by atoms with Crippen molar-refractivity contribution >= 4 is 56.7 Å². The van der Waals surface area contributed by atoms with Gasteiger partial charge in [0, 0.05) is 52.1 Å². The van der Waals surface area contributed by atoms with Crippen molar-refractivity contribution in [2.75, 3.05) is 11.4 Å². The Kier molecular flexibility index (Phi) is 17.8. The standard InChI is InChI=1S/C56H73NS4/c1-6-11-15-19-25-41-35-51(58-40-41)54-46(28-21-17-13-8-3)38-53(60-54)56-47(29-22-18-14-9-4)39-52(61-56)55-45(27-20-16-12-7-2)37-50(59-55)44-33-34-49-43(36-44)32-31-42-26-23-24-30-48(42)57(49)10-5/h23-24,26,30,33-40H,6-22,25,27-29,31-32H2,1-5H3. The van der Waals surface area contributed by atoms with Crippen LogP contribution in [-0.4, -0.2) is 6.54 Å². The van der Waals surface area contributed by atoms with Crippen LogP contribution in [-0.2, 0) is 38.5 Å². The molecule has 4 aromatic heterocycles. The Labute approximate surface area is 386 Å². The van der Waals surface area contributed by atoms with Crippen molar-refractivity contribution in [2.45, 2.75) is 176 Å². The van der Waals surface area contributed by atoms with Crippen LogP contribution in [0.25, 0.3) is 39.7 Å². The molecule has 0 saturated carbocycles. The van der Waals surface area contributed by atoms with Crippen molar-refractivity contribution in [3.8, 4) is 39.7 Å². The van der Waals surface area contributed by atoms with Crippen molar-refractivity contribution in [3.63, 3.8) is 0 Å². The fraction of sp³-hybridized carbons (Fsp3) is 0.500. The van der Waals surface area contributed by atoms with Crippen LogP contribution in [0.2, 0.25) is 0 Å². The summed E-state index contributed by atoms with van der Waals surface area (Å²) in [4.78, 5) is 13.1. The third-order valence-corrected chi connectivity index (χ3v) is 18.0. The summed E-state index contributed by atoms with van der Waals surface area (Å²) in [6, 6.07) is 26.8. The van der Waals surface area contributed by atoms with E-state index in [0.29, 0.717) is 0 Å². The summed E-state index contributed by atoms with van der Waals surface area (Å²) in [7, 11) is 0. The molecule has 2 aromatic carbocycles. The van der Waals surface area contributed by atoms with Crippen LogP contribution in [0.15, 0.2) is 72.1 Å². The average molecular weight is 888 g/mol. The molecule has 0 N–H and O–H groups in total. The van der Waals surface area contributed by atoms with E-state index in [9.17, 15) is 0 Å². The Morgan fingerprint density at radius 3 is 1.51 bits per heavy atom. The van der Waals surface area contributed by atoms with Gasteiger partial charge in [0.15, 0.2) is 0 Å². The number of fused-ring (bicyclic) bond motifs is 2. The molecule has 6 aromatic rings. The summed E-state index contributed by atoms with van der Waals surface area (Å²) in [5.74, 6) is 0. The van der Waals surface area contributed by atoms with Crippen molar-refractivity contribution in [1.29, 1.82) is 0 Å². The molecule has 326 valence electrons. The Bertz CT molecular complexity index is 2240. The van der Waals surface area contributed by atoms with Gasteiger partial charge in [0.05, 0.1) is 0 Å². The zero-order chi connectivity index (χ0) is 42.4. The lowest BCUT2D eigenvalue weighted by molar-refractivity contribution is 0.667. The van der Waals surface area contributed by atoms with Gasteiger partial charge in [0.1, 0.15) is 0 Å². The fourth-order valence-corrected chi connectivity index (χ4v) is 14.4. The van der Waals surface area contributed by atoms with E-state index in [0.717, 1.165) is 19.4 Å². The van der Waals surface area contributed by atoms with Gasteiger partial charge < -0.3 is 4.90 Å². The van der Waals surface area contributed by atoms with E-state index in [1.54, 1.807) is 32.0 Å². The minimum absolute atomic E-state index is 0.982. The first-order valence-electron chi connectivity index (χ1n) is 24.5. The number of para-hydroxylation sites is 1. The molecule has 0 saturated heterocycles. The second kappa shape index (κ2) is 23.6. The number of nitrogens with zero attached hydrogens (tertiary/aromatic N) is 1. The van der Waals surface area contributed by atoms with Crippen LogP contribution in [0.5, 0.6) is 0 Å². The Hall–Kier alpha value is -2.96. The van der Waals surface area contributed by atoms with Crippen molar-refractivity contribution in [2.24, 2.45) is 0 Å². The number of aryl methyl sites for hydroxylation is 6. The first-order valence-corrected chi connectivity index (χ1v) is 27.8. The molecule has 1 aliphatic heterocycles. The van der Waals surface area contributed by atoms with E-state index in [-0.39, 0.29) is 0 Å². The normalized spacial score (nSPS) is 12.6. The van der Waals surface area contributed by atoms with Crippen LogP contribution >= 0.6 is 45.3 Å². The summed E-state index contributed by atoms with van der Waals surface area (Å²) in [5.41, 5.74) is 13.4. The molecule has 7 rings (SSSR count). The molecule has 1 aliphatic rings. The van der Waals surface area contributed by atoms with Crippen LogP contribution in [0.3, 0.4) is 0 Å². The first kappa shape index (κ1) is 46.0. The SMILES string of the molecule is CCCCCCc1csc(-c2sc(-c3sc(-c4sc(-c5ccc6c(c5)CCc5ccccc5N6CC)cc4CCCCCC)cc3CCCCCC)cc2CCCCCC)c1. The molecular weight excluding hydrogens is 815 g/mol. The molecule has 0 bridgehead atoms. The third kappa shape index (κ3) is 11.8. The van der Waals surface area contributed by atoms with Crippen molar-refractivity contribution in [1.82, 2.24) is 0 Å². The average Bonchev–Trinajstić information content (AvgIpc) is 4.09. The molecule has 5 heteroatoms. The van der Waals surface area contributed by atoms with E-state index in [1.165, 1.54) is 181 Å². The van der Waals surface area contributed by atoms with Gasteiger partial charge in [0.2, 0.25) is 0 Å². The summed E-state index contributed by atoms with van der Waals surface area (Å²) < 4.78 is 0. The van der Waals surface area contributed by atoms with Crippen molar-refractivity contribution in [3.05, 3.63) is 105 Å². The van der Waals surface area contributed by atoms with E-state index < -0.39 is 0 Å². The van der Waals surface area contributed by atoms with Crippen LogP contribution in [0, 0.1) is 0 Å². The molecule has 0 spiro atoms. The second-order valence-corrected chi connectivity index (χ2v) is 21.7. The quantitative estimate of drug-likeness (QED) is 0.0518. The highest BCUT2D eigenvalue weighted by Gasteiger charge is 2.24.